The number of para-hydroxylation sites is 1. The normalized spacial score (nSPS) is 12.2. The van der Waals surface area contributed by atoms with Gasteiger partial charge >= 0.3 is 143 Å². The number of hydrogen-bond donors (Lipinski definition) is 1. The number of benzene rings is 3. The van der Waals surface area contributed by atoms with E-state index in [1.807, 2.05) is 30.3 Å². The van der Waals surface area contributed by atoms with Crippen molar-refractivity contribution in [3.05, 3.63) is 78.4 Å². The molecule has 0 saturated carbocycles. The summed E-state index contributed by atoms with van der Waals surface area (Å²) in [6.07, 6.45) is -0.398. The van der Waals surface area contributed by atoms with Crippen LogP contribution in [0.5, 0.6) is 5.75 Å². The topological polar surface area (TPSA) is 29.5 Å². The molecule has 3 heteroatoms. The van der Waals surface area contributed by atoms with Gasteiger partial charge in [0.15, 0.2) is 0 Å². The van der Waals surface area contributed by atoms with Crippen molar-refractivity contribution in [2.24, 2.45) is 0 Å². The van der Waals surface area contributed by atoms with Gasteiger partial charge < -0.3 is 0 Å². The van der Waals surface area contributed by atoms with Crippen molar-refractivity contribution < 1.29 is 9.84 Å². The fraction of sp³-hybridized carbons (Fsp3) is 0.200. The monoisotopic (exact) mass is 372 g/mol. The van der Waals surface area contributed by atoms with Crippen LogP contribution in [0.15, 0.2) is 72.8 Å². The third-order valence-electron chi connectivity index (χ3n) is 3.63. The third-order valence-corrected chi connectivity index (χ3v) is 6.02. The van der Waals surface area contributed by atoms with E-state index in [-0.39, 0.29) is 0 Å². The van der Waals surface area contributed by atoms with Crippen LogP contribution in [0, 0.1) is 0 Å². The van der Waals surface area contributed by atoms with Crippen molar-refractivity contribution in [1.29, 1.82) is 0 Å². The van der Waals surface area contributed by atoms with Crippen LogP contribution >= 0.6 is 0 Å². The molecule has 0 radical (unpaired) electrons. The molecule has 3 aromatic carbocycles. The summed E-state index contributed by atoms with van der Waals surface area (Å²) in [4.78, 5) is 0. The van der Waals surface area contributed by atoms with Gasteiger partial charge in [0.2, 0.25) is 0 Å². The van der Waals surface area contributed by atoms with Crippen molar-refractivity contribution >= 4 is 25.7 Å². The fourth-order valence-corrected chi connectivity index (χ4v) is 4.49. The molecule has 0 bridgehead atoms. The number of rotatable bonds is 7. The fourth-order valence-electron chi connectivity index (χ4n) is 2.48. The van der Waals surface area contributed by atoms with E-state index in [0.29, 0.717) is 21.6 Å². The molecule has 0 aliphatic carbocycles. The average Bonchev–Trinajstić information content (AvgIpc) is 2.61. The number of hydrogen-bond acceptors (Lipinski definition) is 2. The third kappa shape index (κ3) is 4.59. The zero-order chi connectivity index (χ0) is 15.9. The number of ether oxygens (including phenoxy) is 1. The molecule has 0 spiro atoms. The van der Waals surface area contributed by atoms with Crippen molar-refractivity contribution in [3.8, 4) is 5.75 Å². The molecule has 1 atom stereocenters. The standard InChI is InChI=1S/C20H20O2Se/c21-18(13-22-19-10-2-1-3-11-19)15-23-14-17-9-6-8-16-7-4-5-12-20(16)17/h1-12,18,21H,13-15H2. The zero-order valence-corrected chi connectivity index (χ0v) is 14.6. The van der Waals surface area contributed by atoms with E-state index in [0.717, 1.165) is 16.4 Å². The molecule has 0 aromatic heterocycles. The second-order valence-corrected chi connectivity index (χ2v) is 7.59. The van der Waals surface area contributed by atoms with Gasteiger partial charge in [-0.15, -0.1) is 0 Å². The Morgan fingerprint density at radius 1 is 0.870 bits per heavy atom. The van der Waals surface area contributed by atoms with Crippen LogP contribution in [0.25, 0.3) is 10.8 Å². The Kier molecular flexibility index (Phi) is 5.70. The number of fused-ring (bicyclic) bond motifs is 1. The molecular weight excluding hydrogens is 351 g/mol. The van der Waals surface area contributed by atoms with Crippen LogP contribution < -0.4 is 4.74 Å². The first kappa shape index (κ1) is 16.1. The summed E-state index contributed by atoms with van der Waals surface area (Å²) in [7, 11) is 0. The molecule has 0 amide bonds. The Hall–Kier alpha value is -1.80. The summed E-state index contributed by atoms with van der Waals surface area (Å²) in [6.45, 7) is 0.362. The van der Waals surface area contributed by atoms with E-state index in [4.69, 9.17) is 4.74 Å². The molecule has 23 heavy (non-hydrogen) atoms. The summed E-state index contributed by atoms with van der Waals surface area (Å²) >= 11 is 0.365. The molecule has 3 aromatic rings. The Morgan fingerprint density at radius 2 is 1.61 bits per heavy atom. The van der Waals surface area contributed by atoms with Crippen LogP contribution in [-0.2, 0) is 5.32 Å². The van der Waals surface area contributed by atoms with Crippen LogP contribution in [0.3, 0.4) is 0 Å². The van der Waals surface area contributed by atoms with Gasteiger partial charge in [-0.05, 0) is 0 Å². The molecule has 0 fully saturated rings. The molecule has 0 heterocycles. The summed E-state index contributed by atoms with van der Waals surface area (Å²) in [5.41, 5.74) is 1.37. The summed E-state index contributed by atoms with van der Waals surface area (Å²) < 4.78 is 5.60. The first-order valence-electron chi connectivity index (χ1n) is 7.73. The first-order chi connectivity index (χ1) is 11.3. The maximum atomic E-state index is 10.1. The summed E-state index contributed by atoms with van der Waals surface area (Å²) in [5.74, 6) is 0.813. The minimum atomic E-state index is -0.398. The van der Waals surface area contributed by atoms with Crippen molar-refractivity contribution in [1.82, 2.24) is 0 Å². The predicted molar refractivity (Wildman–Crippen MR) is 96.2 cm³/mol. The van der Waals surface area contributed by atoms with Crippen LogP contribution in [0.1, 0.15) is 5.56 Å². The van der Waals surface area contributed by atoms with Crippen molar-refractivity contribution in [2.75, 3.05) is 6.61 Å². The van der Waals surface area contributed by atoms with E-state index >= 15 is 0 Å². The van der Waals surface area contributed by atoms with Crippen molar-refractivity contribution in [2.45, 2.75) is 16.7 Å². The van der Waals surface area contributed by atoms with E-state index < -0.39 is 6.10 Å². The molecule has 0 saturated heterocycles. The summed E-state index contributed by atoms with van der Waals surface area (Å²) in [6, 6.07) is 24.6. The van der Waals surface area contributed by atoms with E-state index in [1.165, 1.54) is 16.3 Å². The molecular formula is C20H20O2Se. The minimum absolute atomic E-state index is 0.362. The molecule has 1 N–H and O–H groups in total. The molecule has 0 aliphatic heterocycles. The predicted octanol–water partition coefficient (Wildman–Crippen LogP) is 3.90. The van der Waals surface area contributed by atoms with Crippen LogP contribution in [0.2, 0.25) is 5.32 Å². The Balaban J connectivity index is 1.48. The van der Waals surface area contributed by atoms with E-state index in [2.05, 4.69) is 42.5 Å². The molecule has 0 aliphatic rings. The van der Waals surface area contributed by atoms with E-state index in [9.17, 15) is 5.11 Å². The second kappa shape index (κ2) is 8.16. The molecule has 3 rings (SSSR count). The zero-order valence-electron chi connectivity index (χ0n) is 12.9. The maximum absolute atomic E-state index is 10.1. The van der Waals surface area contributed by atoms with Gasteiger partial charge in [-0.1, -0.05) is 0 Å². The van der Waals surface area contributed by atoms with Gasteiger partial charge in [0.1, 0.15) is 0 Å². The first-order valence-corrected chi connectivity index (χ1v) is 10.2. The van der Waals surface area contributed by atoms with Gasteiger partial charge in [-0.25, -0.2) is 0 Å². The molecule has 1 unspecified atom stereocenters. The Labute approximate surface area is 143 Å². The van der Waals surface area contributed by atoms with E-state index in [1.54, 1.807) is 0 Å². The van der Waals surface area contributed by atoms with Gasteiger partial charge in [0.05, 0.1) is 0 Å². The van der Waals surface area contributed by atoms with Gasteiger partial charge in [-0.2, -0.15) is 0 Å². The van der Waals surface area contributed by atoms with Crippen LogP contribution in [0.4, 0.5) is 0 Å². The average molecular weight is 371 g/mol. The van der Waals surface area contributed by atoms with Gasteiger partial charge in [-0.3, -0.25) is 0 Å². The summed E-state index contributed by atoms with van der Waals surface area (Å²) in [5, 5.41) is 14.6. The molecule has 118 valence electrons. The van der Waals surface area contributed by atoms with Gasteiger partial charge in [0.25, 0.3) is 0 Å². The quantitative estimate of drug-likeness (QED) is 0.639. The number of aliphatic hydroxyl groups is 1. The van der Waals surface area contributed by atoms with Crippen LogP contribution in [-0.4, -0.2) is 32.8 Å². The SMILES string of the molecule is OC(COc1ccccc1)C[Se]Cc1cccc2ccccc12. The van der Waals surface area contributed by atoms with Crippen molar-refractivity contribution in [3.63, 3.8) is 0 Å². The second-order valence-electron chi connectivity index (χ2n) is 5.43. The molecule has 2 nitrogen and oxygen atoms in total. The Bertz CT molecular complexity index is 737. The number of aliphatic hydroxyl groups excluding tert-OH is 1. The van der Waals surface area contributed by atoms with Gasteiger partial charge in [0, 0.05) is 0 Å². The Morgan fingerprint density at radius 3 is 2.48 bits per heavy atom.